The third kappa shape index (κ3) is 2.52. The Morgan fingerprint density at radius 3 is 2.50 bits per heavy atom. The standard InChI is InChI=1S/C14H17ClN2S/c1-9-5-6-11(7-12(9)15)17-10(2)8-14(3,4)16-13(17)18/h5-8H,1-4H3,(H,16,18). The number of benzene rings is 1. The van der Waals surface area contributed by atoms with Gasteiger partial charge in [0.2, 0.25) is 0 Å². The predicted octanol–water partition coefficient (Wildman–Crippen LogP) is 4.03. The molecule has 0 aromatic heterocycles. The summed E-state index contributed by atoms with van der Waals surface area (Å²) in [5.41, 5.74) is 3.07. The fourth-order valence-electron chi connectivity index (χ4n) is 2.16. The zero-order valence-electron chi connectivity index (χ0n) is 11.0. The maximum Gasteiger partial charge on any atom is 0.178 e. The van der Waals surface area contributed by atoms with Gasteiger partial charge < -0.3 is 5.32 Å². The van der Waals surface area contributed by atoms with Gasteiger partial charge in [0.1, 0.15) is 0 Å². The lowest BCUT2D eigenvalue weighted by Crippen LogP contribution is -2.53. The second-order valence-corrected chi connectivity index (χ2v) is 6.00. The minimum atomic E-state index is -0.105. The summed E-state index contributed by atoms with van der Waals surface area (Å²) in [5.74, 6) is 0. The van der Waals surface area contributed by atoms with Crippen LogP contribution in [0.5, 0.6) is 0 Å². The Morgan fingerprint density at radius 2 is 1.94 bits per heavy atom. The number of hydrogen-bond acceptors (Lipinski definition) is 1. The molecule has 0 amide bonds. The first-order valence-electron chi connectivity index (χ1n) is 5.88. The fourth-order valence-corrected chi connectivity index (χ4v) is 2.84. The van der Waals surface area contributed by atoms with Gasteiger partial charge in [0, 0.05) is 16.4 Å². The zero-order chi connectivity index (χ0) is 13.5. The van der Waals surface area contributed by atoms with Gasteiger partial charge in [-0.2, -0.15) is 0 Å². The summed E-state index contributed by atoms with van der Waals surface area (Å²) in [5, 5.41) is 4.77. The van der Waals surface area contributed by atoms with Crippen LogP contribution in [0.25, 0.3) is 0 Å². The molecule has 0 radical (unpaired) electrons. The van der Waals surface area contributed by atoms with Crippen LogP contribution in [0.3, 0.4) is 0 Å². The van der Waals surface area contributed by atoms with Crippen molar-refractivity contribution < 1.29 is 0 Å². The molecule has 2 nitrogen and oxygen atoms in total. The zero-order valence-corrected chi connectivity index (χ0v) is 12.6. The van der Waals surface area contributed by atoms with Crippen LogP contribution in [0.4, 0.5) is 5.69 Å². The second-order valence-electron chi connectivity index (χ2n) is 5.21. The van der Waals surface area contributed by atoms with Gasteiger partial charge in [-0.25, -0.2) is 0 Å². The molecule has 1 N–H and O–H groups in total. The Hall–Kier alpha value is -1.06. The Bertz CT molecular complexity index is 535. The van der Waals surface area contributed by atoms with Gasteiger partial charge in [0.05, 0.1) is 5.54 Å². The minimum Gasteiger partial charge on any atom is -0.354 e. The number of halogens is 1. The lowest BCUT2D eigenvalue weighted by atomic mass is 10.0. The third-order valence-corrected chi connectivity index (χ3v) is 3.66. The molecule has 0 fully saturated rings. The second kappa shape index (κ2) is 4.56. The largest absolute Gasteiger partial charge is 0.354 e. The number of aryl methyl sites for hydroxylation is 1. The number of allylic oxidation sites excluding steroid dienone is 1. The summed E-state index contributed by atoms with van der Waals surface area (Å²) >= 11 is 11.6. The Balaban J connectivity index is 2.44. The molecule has 0 aliphatic carbocycles. The van der Waals surface area contributed by atoms with Gasteiger partial charge >= 0.3 is 0 Å². The predicted molar refractivity (Wildman–Crippen MR) is 82.2 cm³/mol. The van der Waals surface area contributed by atoms with E-state index < -0.39 is 0 Å². The lowest BCUT2D eigenvalue weighted by Gasteiger charge is -2.38. The van der Waals surface area contributed by atoms with Crippen molar-refractivity contribution in [2.24, 2.45) is 0 Å². The Kier molecular flexibility index (Phi) is 3.39. The summed E-state index contributed by atoms with van der Waals surface area (Å²) < 4.78 is 0. The van der Waals surface area contributed by atoms with Gasteiger partial charge in [-0.15, -0.1) is 0 Å². The van der Waals surface area contributed by atoms with E-state index in [-0.39, 0.29) is 5.54 Å². The molecule has 1 aromatic rings. The van der Waals surface area contributed by atoms with Crippen molar-refractivity contribution >= 4 is 34.6 Å². The molecule has 1 aliphatic heterocycles. The molecule has 1 heterocycles. The van der Waals surface area contributed by atoms with Gasteiger partial charge in [-0.05, 0) is 63.7 Å². The molecular formula is C14H17ClN2S. The fraction of sp³-hybridized carbons (Fsp3) is 0.357. The summed E-state index contributed by atoms with van der Waals surface area (Å²) in [6.45, 7) is 8.25. The van der Waals surface area contributed by atoms with Gasteiger partial charge in [0.25, 0.3) is 0 Å². The molecule has 0 saturated carbocycles. The van der Waals surface area contributed by atoms with E-state index in [4.69, 9.17) is 23.8 Å². The van der Waals surface area contributed by atoms with Crippen molar-refractivity contribution in [3.05, 3.63) is 40.6 Å². The van der Waals surface area contributed by atoms with Crippen LogP contribution >= 0.6 is 23.8 Å². The van der Waals surface area contributed by atoms with Crippen LogP contribution in [0.1, 0.15) is 26.3 Å². The molecule has 2 rings (SSSR count). The van der Waals surface area contributed by atoms with Crippen molar-refractivity contribution in [1.29, 1.82) is 0 Å². The number of hydrogen-bond donors (Lipinski definition) is 1. The molecule has 1 aliphatic rings. The molecule has 96 valence electrons. The summed E-state index contributed by atoms with van der Waals surface area (Å²) in [6.07, 6.45) is 2.16. The van der Waals surface area contributed by atoms with Crippen LogP contribution in [0.15, 0.2) is 30.0 Å². The van der Waals surface area contributed by atoms with Crippen LogP contribution in [-0.2, 0) is 0 Å². The monoisotopic (exact) mass is 280 g/mol. The topological polar surface area (TPSA) is 15.3 Å². The van der Waals surface area contributed by atoms with Gasteiger partial charge in [-0.3, -0.25) is 4.90 Å². The first-order chi connectivity index (χ1) is 8.30. The van der Waals surface area contributed by atoms with Crippen LogP contribution in [-0.4, -0.2) is 10.7 Å². The first-order valence-corrected chi connectivity index (χ1v) is 6.67. The molecule has 0 saturated heterocycles. The van der Waals surface area contributed by atoms with Crippen molar-refractivity contribution in [2.75, 3.05) is 4.90 Å². The number of rotatable bonds is 1. The highest BCUT2D eigenvalue weighted by molar-refractivity contribution is 7.80. The van der Waals surface area contributed by atoms with E-state index in [1.54, 1.807) is 0 Å². The smallest absolute Gasteiger partial charge is 0.178 e. The summed E-state index contributed by atoms with van der Waals surface area (Å²) in [4.78, 5) is 2.01. The van der Waals surface area contributed by atoms with Gasteiger partial charge in [-0.1, -0.05) is 17.7 Å². The van der Waals surface area contributed by atoms with Crippen molar-refractivity contribution in [3.63, 3.8) is 0 Å². The van der Waals surface area contributed by atoms with E-state index in [1.807, 2.05) is 30.0 Å². The number of nitrogens with zero attached hydrogens (tertiary/aromatic N) is 1. The quantitative estimate of drug-likeness (QED) is 0.782. The van der Waals surface area contributed by atoms with Crippen LogP contribution < -0.4 is 10.2 Å². The van der Waals surface area contributed by atoms with Crippen LogP contribution in [0, 0.1) is 6.92 Å². The third-order valence-electron chi connectivity index (χ3n) is 2.97. The molecule has 0 atom stereocenters. The maximum absolute atomic E-state index is 6.17. The SMILES string of the molecule is CC1=CC(C)(C)NC(=S)N1c1ccc(C)c(Cl)c1. The van der Waals surface area contributed by atoms with E-state index in [0.29, 0.717) is 5.11 Å². The maximum atomic E-state index is 6.17. The summed E-state index contributed by atoms with van der Waals surface area (Å²) in [7, 11) is 0. The average molecular weight is 281 g/mol. The van der Waals surface area contributed by atoms with Crippen molar-refractivity contribution in [2.45, 2.75) is 33.2 Å². The Morgan fingerprint density at radius 1 is 1.28 bits per heavy atom. The number of nitrogens with one attached hydrogen (secondary N) is 1. The van der Waals surface area contributed by atoms with E-state index in [2.05, 4.69) is 32.2 Å². The molecular weight excluding hydrogens is 264 g/mol. The number of anilines is 1. The molecule has 0 spiro atoms. The van der Waals surface area contributed by atoms with E-state index in [0.717, 1.165) is 22.0 Å². The lowest BCUT2D eigenvalue weighted by molar-refractivity contribution is 0.560. The molecule has 4 heteroatoms. The highest BCUT2D eigenvalue weighted by Crippen LogP contribution is 2.29. The molecule has 18 heavy (non-hydrogen) atoms. The van der Waals surface area contributed by atoms with Crippen molar-refractivity contribution in [1.82, 2.24) is 5.32 Å². The van der Waals surface area contributed by atoms with Gasteiger partial charge in [0.15, 0.2) is 5.11 Å². The van der Waals surface area contributed by atoms with E-state index in [9.17, 15) is 0 Å². The first kappa shape index (κ1) is 13.4. The van der Waals surface area contributed by atoms with E-state index in [1.165, 1.54) is 0 Å². The normalized spacial score (nSPS) is 18.4. The molecule has 0 bridgehead atoms. The van der Waals surface area contributed by atoms with E-state index >= 15 is 0 Å². The van der Waals surface area contributed by atoms with Crippen molar-refractivity contribution in [3.8, 4) is 0 Å². The highest BCUT2D eigenvalue weighted by Gasteiger charge is 2.27. The highest BCUT2D eigenvalue weighted by atomic mass is 35.5. The Labute approximate surface area is 119 Å². The summed E-state index contributed by atoms with van der Waals surface area (Å²) in [6, 6.07) is 5.98. The molecule has 1 aromatic carbocycles. The number of thiocarbonyl (C=S) groups is 1. The average Bonchev–Trinajstić information content (AvgIpc) is 2.20. The molecule has 0 unspecified atom stereocenters. The minimum absolute atomic E-state index is 0.105. The van der Waals surface area contributed by atoms with Crippen LogP contribution in [0.2, 0.25) is 5.02 Å².